The molecule has 0 aromatic heterocycles. The Bertz CT molecular complexity index is 1030. The Morgan fingerprint density at radius 3 is 2.23 bits per heavy atom. The number of carboxylic acid groups (broad SMARTS) is 1. The number of ether oxygens (including phenoxy) is 1. The molecule has 186 valence electrons. The molecule has 2 aromatic carbocycles. The van der Waals surface area contributed by atoms with Gasteiger partial charge in [-0.25, -0.2) is 4.79 Å². The predicted molar refractivity (Wildman–Crippen MR) is 133 cm³/mol. The molecule has 1 atom stereocenters. The van der Waals surface area contributed by atoms with Gasteiger partial charge in [-0.2, -0.15) is 0 Å². The number of aliphatic carboxylic acids is 1. The van der Waals surface area contributed by atoms with Gasteiger partial charge in [-0.3, -0.25) is 9.59 Å². The van der Waals surface area contributed by atoms with Gasteiger partial charge in [-0.05, 0) is 41.5 Å². The molecule has 0 saturated heterocycles. The van der Waals surface area contributed by atoms with Gasteiger partial charge in [0.15, 0.2) is 0 Å². The largest absolute Gasteiger partial charge is 0.481 e. The molecule has 2 amide bonds. The number of carbonyl (C=O) groups excluding carboxylic acids is 2. The number of amides is 2. The first-order valence-electron chi connectivity index (χ1n) is 12.5. The zero-order valence-corrected chi connectivity index (χ0v) is 20.2. The SMILES string of the molecule is CCCC[C@@H](CC(=O)NCC1(C(=O)O)CCC1)NC(=O)OCC1c2ccccc2-c2ccccc21. The lowest BCUT2D eigenvalue weighted by atomic mass is 9.69. The second-order valence-electron chi connectivity index (χ2n) is 9.73. The van der Waals surface area contributed by atoms with E-state index in [2.05, 4.69) is 41.8 Å². The number of carboxylic acids is 1. The van der Waals surface area contributed by atoms with Gasteiger partial charge in [-0.15, -0.1) is 0 Å². The van der Waals surface area contributed by atoms with Crippen molar-refractivity contribution in [2.75, 3.05) is 13.2 Å². The topological polar surface area (TPSA) is 105 Å². The van der Waals surface area contributed by atoms with Gasteiger partial charge in [0.1, 0.15) is 6.61 Å². The number of fused-ring (bicyclic) bond motifs is 3. The summed E-state index contributed by atoms with van der Waals surface area (Å²) in [5.41, 5.74) is 3.79. The fourth-order valence-electron chi connectivity index (χ4n) is 5.12. The summed E-state index contributed by atoms with van der Waals surface area (Å²) >= 11 is 0. The van der Waals surface area contributed by atoms with Crippen molar-refractivity contribution in [1.29, 1.82) is 0 Å². The van der Waals surface area contributed by atoms with E-state index < -0.39 is 17.5 Å². The number of hydrogen-bond donors (Lipinski definition) is 3. The first-order chi connectivity index (χ1) is 16.9. The quantitative estimate of drug-likeness (QED) is 0.428. The second kappa shape index (κ2) is 10.9. The highest BCUT2D eigenvalue weighted by Gasteiger charge is 2.44. The molecule has 2 aliphatic carbocycles. The van der Waals surface area contributed by atoms with Crippen LogP contribution in [-0.4, -0.2) is 42.3 Å². The normalized spacial score (nSPS) is 16.4. The smallest absolute Gasteiger partial charge is 0.407 e. The van der Waals surface area contributed by atoms with Crippen molar-refractivity contribution in [3.05, 3.63) is 59.7 Å². The molecule has 7 nitrogen and oxygen atoms in total. The van der Waals surface area contributed by atoms with Crippen LogP contribution in [0.25, 0.3) is 11.1 Å². The van der Waals surface area contributed by atoms with E-state index in [9.17, 15) is 19.5 Å². The molecule has 0 spiro atoms. The summed E-state index contributed by atoms with van der Waals surface area (Å²) in [5.74, 6) is -1.14. The number of carbonyl (C=O) groups is 3. The van der Waals surface area contributed by atoms with Crippen LogP contribution >= 0.6 is 0 Å². The lowest BCUT2D eigenvalue weighted by molar-refractivity contribution is -0.154. The highest BCUT2D eigenvalue weighted by molar-refractivity contribution is 5.81. The Balaban J connectivity index is 1.32. The van der Waals surface area contributed by atoms with Gasteiger partial charge in [0.2, 0.25) is 5.91 Å². The first-order valence-corrected chi connectivity index (χ1v) is 12.5. The number of unbranched alkanes of at least 4 members (excludes halogenated alkanes) is 1. The third-order valence-electron chi connectivity index (χ3n) is 7.39. The van der Waals surface area contributed by atoms with Crippen LogP contribution in [0, 0.1) is 5.41 Å². The van der Waals surface area contributed by atoms with Crippen LogP contribution in [0.3, 0.4) is 0 Å². The average molecular weight is 479 g/mol. The fourth-order valence-corrected chi connectivity index (χ4v) is 5.12. The van der Waals surface area contributed by atoms with Gasteiger partial charge >= 0.3 is 12.1 Å². The minimum Gasteiger partial charge on any atom is -0.481 e. The molecule has 2 aliphatic rings. The Hall–Kier alpha value is -3.35. The number of nitrogens with one attached hydrogen (secondary N) is 2. The lowest BCUT2D eigenvalue weighted by Gasteiger charge is -2.37. The van der Waals surface area contributed by atoms with Crippen molar-refractivity contribution in [3.8, 4) is 11.1 Å². The van der Waals surface area contributed by atoms with Gasteiger partial charge in [0.05, 0.1) is 5.41 Å². The summed E-state index contributed by atoms with van der Waals surface area (Å²) in [6.07, 6.45) is 4.04. The van der Waals surface area contributed by atoms with Crippen LogP contribution in [-0.2, 0) is 14.3 Å². The maximum atomic E-state index is 12.7. The van der Waals surface area contributed by atoms with Gasteiger partial charge in [-0.1, -0.05) is 74.7 Å². The molecular formula is C28H34N2O5. The molecule has 0 aliphatic heterocycles. The van der Waals surface area contributed by atoms with Crippen molar-refractivity contribution in [1.82, 2.24) is 10.6 Å². The molecule has 2 aromatic rings. The Morgan fingerprint density at radius 1 is 1.06 bits per heavy atom. The lowest BCUT2D eigenvalue weighted by Crippen LogP contribution is -2.48. The second-order valence-corrected chi connectivity index (χ2v) is 9.73. The number of benzene rings is 2. The van der Waals surface area contributed by atoms with Crippen LogP contribution in [0.5, 0.6) is 0 Å². The third-order valence-corrected chi connectivity index (χ3v) is 7.39. The van der Waals surface area contributed by atoms with E-state index in [1.807, 2.05) is 24.3 Å². The average Bonchev–Trinajstić information content (AvgIpc) is 3.14. The molecule has 0 bridgehead atoms. The molecule has 3 N–H and O–H groups in total. The van der Waals surface area contributed by atoms with Crippen LogP contribution < -0.4 is 10.6 Å². The Labute approximate surface area is 206 Å². The van der Waals surface area contributed by atoms with Gasteiger partial charge < -0.3 is 20.5 Å². The van der Waals surface area contributed by atoms with Gasteiger partial charge in [0, 0.05) is 24.9 Å². The van der Waals surface area contributed by atoms with E-state index in [1.165, 1.54) is 11.1 Å². The molecule has 1 fully saturated rings. The molecule has 35 heavy (non-hydrogen) atoms. The van der Waals surface area contributed by atoms with Crippen molar-refractivity contribution in [3.63, 3.8) is 0 Å². The number of alkyl carbamates (subject to hydrolysis) is 1. The third kappa shape index (κ3) is 5.50. The predicted octanol–water partition coefficient (Wildman–Crippen LogP) is 4.85. The zero-order chi connectivity index (χ0) is 24.8. The summed E-state index contributed by atoms with van der Waals surface area (Å²) in [6, 6.07) is 16.0. The van der Waals surface area contributed by atoms with E-state index in [4.69, 9.17) is 4.74 Å². The minimum atomic E-state index is -0.858. The van der Waals surface area contributed by atoms with Crippen molar-refractivity contribution in [2.24, 2.45) is 5.41 Å². The molecule has 4 rings (SSSR count). The highest BCUT2D eigenvalue weighted by atomic mass is 16.5. The summed E-state index contributed by atoms with van der Waals surface area (Å²) in [4.78, 5) is 36.8. The van der Waals surface area contributed by atoms with E-state index in [-0.39, 0.29) is 37.4 Å². The summed E-state index contributed by atoms with van der Waals surface area (Å²) in [7, 11) is 0. The van der Waals surface area contributed by atoms with Crippen molar-refractivity contribution < 1.29 is 24.2 Å². The van der Waals surface area contributed by atoms with Gasteiger partial charge in [0.25, 0.3) is 0 Å². The molecule has 0 radical (unpaired) electrons. The fraction of sp³-hybridized carbons (Fsp3) is 0.464. The maximum Gasteiger partial charge on any atom is 0.407 e. The summed E-state index contributed by atoms with van der Waals surface area (Å²) in [5, 5.41) is 15.1. The van der Waals surface area contributed by atoms with Crippen molar-refractivity contribution in [2.45, 2.75) is 63.8 Å². The zero-order valence-electron chi connectivity index (χ0n) is 20.2. The molecule has 0 unspecified atom stereocenters. The molecule has 0 heterocycles. The van der Waals surface area contributed by atoms with Crippen LogP contribution in [0.4, 0.5) is 4.79 Å². The van der Waals surface area contributed by atoms with E-state index >= 15 is 0 Å². The first kappa shape index (κ1) is 24.8. The van der Waals surface area contributed by atoms with Crippen molar-refractivity contribution >= 4 is 18.0 Å². The van der Waals surface area contributed by atoms with Crippen LogP contribution in [0.15, 0.2) is 48.5 Å². The summed E-state index contributed by atoms with van der Waals surface area (Å²) < 4.78 is 5.64. The number of hydrogen-bond acceptors (Lipinski definition) is 4. The summed E-state index contributed by atoms with van der Waals surface area (Å²) in [6.45, 7) is 2.40. The Morgan fingerprint density at radius 2 is 1.69 bits per heavy atom. The number of rotatable bonds is 11. The van der Waals surface area contributed by atoms with E-state index in [0.29, 0.717) is 19.3 Å². The minimum absolute atomic E-state index is 0.0276. The molecular weight excluding hydrogens is 444 g/mol. The Kier molecular flexibility index (Phi) is 7.73. The van der Waals surface area contributed by atoms with E-state index in [0.717, 1.165) is 30.4 Å². The van der Waals surface area contributed by atoms with Crippen LogP contribution in [0.2, 0.25) is 0 Å². The monoisotopic (exact) mass is 478 g/mol. The van der Waals surface area contributed by atoms with Crippen LogP contribution in [0.1, 0.15) is 68.9 Å². The molecule has 7 heteroatoms. The standard InChI is InChI=1S/C28H34N2O5/c1-2-3-9-19(16-25(31)29-18-28(26(32)33)14-8-15-28)30-27(34)35-17-24-22-12-6-4-10-20(22)21-11-5-7-13-23(21)24/h4-7,10-13,19,24H,2-3,8-9,14-18H2,1H3,(H,29,31)(H,30,34)(H,32,33)/t19-/m0/s1. The molecule has 1 saturated carbocycles. The highest BCUT2D eigenvalue weighted by Crippen LogP contribution is 2.44. The maximum absolute atomic E-state index is 12.7. The van der Waals surface area contributed by atoms with E-state index in [1.54, 1.807) is 0 Å².